The number of nitrogens with zero attached hydrogens (tertiary/aromatic N) is 2. The molecule has 2 rings (SSSR count). The third kappa shape index (κ3) is 3.63. The average molecular weight is 291 g/mol. The number of benzene rings is 1. The van der Waals surface area contributed by atoms with E-state index in [4.69, 9.17) is 9.84 Å². The third-order valence-corrected chi connectivity index (χ3v) is 2.78. The minimum atomic E-state index is -1.03. The fourth-order valence-electron chi connectivity index (χ4n) is 1.91. The number of nitro benzene ring substituents is 1. The number of non-ortho nitro benzene ring substituents is 1. The van der Waals surface area contributed by atoms with Gasteiger partial charge in [0.15, 0.2) is 0 Å². The van der Waals surface area contributed by atoms with Crippen molar-refractivity contribution in [2.75, 3.05) is 25.1 Å². The number of nitro groups is 1. The average Bonchev–Trinajstić information content (AvgIpc) is 2.46. The molecule has 2 N–H and O–H groups in total. The maximum absolute atomic E-state index is 11.0. The van der Waals surface area contributed by atoms with Crippen LogP contribution in [0.5, 0.6) is 0 Å². The smallest absolute Gasteiger partial charge is 0.329 e. The van der Waals surface area contributed by atoms with Gasteiger partial charge in [-0.15, -0.1) is 0 Å². The molecule has 0 aliphatic rings. The molecule has 0 aliphatic heterocycles. The fraction of sp³-hybridized carbons (Fsp3) is 0.231. The second-order valence-electron chi connectivity index (χ2n) is 4.18. The first kappa shape index (κ1) is 14.7. The van der Waals surface area contributed by atoms with Crippen molar-refractivity contribution in [2.24, 2.45) is 0 Å². The summed E-state index contributed by atoms with van der Waals surface area (Å²) in [4.78, 5) is 24.7. The van der Waals surface area contributed by atoms with Gasteiger partial charge in [0.05, 0.1) is 16.9 Å². The summed E-state index contributed by atoms with van der Waals surface area (Å²) in [6.07, 6.45) is 3.00. The molecule has 21 heavy (non-hydrogen) atoms. The van der Waals surface area contributed by atoms with Gasteiger partial charge < -0.3 is 15.2 Å². The molecule has 1 aromatic heterocycles. The first-order chi connectivity index (χ1) is 10.1. The Morgan fingerprint density at radius 3 is 2.90 bits per heavy atom. The molecule has 0 bridgehead atoms. The van der Waals surface area contributed by atoms with Crippen LogP contribution in [-0.4, -0.2) is 40.7 Å². The standard InChI is InChI=1S/C13H13N3O5/c17-13(18)8-21-6-5-15-11-1-2-12(16(19)20)10-7-14-4-3-9(10)11/h1-4,7,15H,5-6,8H2,(H,17,18). The van der Waals surface area contributed by atoms with Crippen LogP contribution in [0.2, 0.25) is 0 Å². The van der Waals surface area contributed by atoms with Gasteiger partial charge in [0, 0.05) is 36.1 Å². The van der Waals surface area contributed by atoms with Crippen LogP contribution in [-0.2, 0) is 9.53 Å². The number of pyridine rings is 1. The van der Waals surface area contributed by atoms with Crippen LogP contribution in [0, 0.1) is 10.1 Å². The zero-order valence-electron chi connectivity index (χ0n) is 11.0. The van der Waals surface area contributed by atoms with E-state index in [2.05, 4.69) is 10.3 Å². The number of nitrogens with one attached hydrogen (secondary N) is 1. The summed E-state index contributed by atoms with van der Waals surface area (Å²) in [5.41, 5.74) is 0.697. The number of carboxylic acid groups (broad SMARTS) is 1. The van der Waals surface area contributed by atoms with Crippen LogP contribution in [0.3, 0.4) is 0 Å². The summed E-state index contributed by atoms with van der Waals surface area (Å²) in [7, 11) is 0. The van der Waals surface area contributed by atoms with E-state index in [0.717, 1.165) is 0 Å². The predicted molar refractivity (Wildman–Crippen MR) is 75.3 cm³/mol. The van der Waals surface area contributed by atoms with Crippen LogP contribution < -0.4 is 5.32 Å². The highest BCUT2D eigenvalue weighted by molar-refractivity contribution is 5.99. The predicted octanol–water partition coefficient (Wildman–Crippen LogP) is 1.66. The number of carbonyl (C=O) groups is 1. The Balaban J connectivity index is 2.12. The lowest BCUT2D eigenvalue weighted by molar-refractivity contribution is -0.383. The molecule has 0 unspecified atom stereocenters. The van der Waals surface area contributed by atoms with Crippen LogP contribution >= 0.6 is 0 Å². The minimum absolute atomic E-state index is 0.00854. The zero-order chi connectivity index (χ0) is 15.2. The lowest BCUT2D eigenvalue weighted by Gasteiger charge is -2.09. The number of aliphatic carboxylic acids is 1. The van der Waals surface area contributed by atoms with E-state index in [1.165, 1.54) is 12.3 Å². The highest BCUT2D eigenvalue weighted by Gasteiger charge is 2.13. The number of hydrogen-bond acceptors (Lipinski definition) is 6. The third-order valence-electron chi connectivity index (χ3n) is 2.78. The minimum Gasteiger partial charge on any atom is -0.480 e. The molecule has 2 aromatic rings. The number of hydrogen-bond donors (Lipinski definition) is 2. The Labute approximate surface area is 119 Å². The lowest BCUT2D eigenvalue weighted by atomic mass is 10.1. The largest absolute Gasteiger partial charge is 0.480 e. The lowest BCUT2D eigenvalue weighted by Crippen LogP contribution is -2.14. The number of rotatable bonds is 7. The number of carboxylic acids is 1. The maximum atomic E-state index is 11.0. The highest BCUT2D eigenvalue weighted by Crippen LogP contribution is 2.30. The summed E-state index contributed by atoms with van der Waals surface area (Å²) >= 11 is 0. The SMILES string of the molecule is O=C(O)COCCNc1ccc([N+](=O)[O-])c2cnccc12. The van der Waals surface area contributed by atoms with Gasteiger partial charge in [-0.1, -0.05) is 0 Å². The first-order valence-electron chi connectivity index (χ1n) is 6.14. The molecule has 110 valence electrons. The van der Waals surface area contributed by atoms with Gasteiger partial charge in [-0.3, -0.25) is 15.1 Å². The molecule has 0 radical (unpaired) electrons. The van der Waals surface area contributed by atoms with E-state index >= 15 is 0 Å². The van der Waals surface area contributed by atoms with Gasteiger partial charge in [-0.2, -0.15) is 0 Å². The van der Waals surface area contributed by atoms with Crippen molar-refractivity contribution in [3.05, 3.63) is 40.7 Å². The van der Waals surface area contributed by atoms with Gasteiger partial charge in [0.2, 0.25) is 0 Å². The van der Waals surface area contributed by atoms with E-state index in [1.807, 2.05) is 0 Å². The van der Waals surface area contributed by atoms with Crippen LogP contribution in [0.15, 0.2) is 30.6 Å². The molecule has 0 atom stereocenters. The van der Waals surface area contributed by atoms with Crippen LogP contribution in [0.4, 0.5) is 11.4 Å². The molecular formula is C13H13N3O5. The Bertz CT molecular complexity index is 674. The molecule has 8 heteroatoms. The van der Waals surface area contributed by atoms with Gasteiger partial charge >= 0.3 is 5.97 Å². The van der Waals surface area contributed by atoms with E-state index in [1.54, 1.807) is 18.3 Å². The summed E-state index contributed by atoms with van der Waals surface area (Å²) in [5.74, 6) is -1.03. The van der Waals surface area contributed by atoms with Crippen molar-refractivity contribution in [3.63, 3.8) is 0 Å². The van der Waals surface area contributed by atoms with E-state index in [0.29, 0.717) is 23.0 Å². The Morgan fingerprint density at radius 2 is 2.19 bits per heavy atom. The number of aromatic nitrogens is 1. The van der Waals surface area contributed by atoms with Gasteiger partial charge in [-0.25, -0.2) is 4.79 Å². The number of ether oxygens (including phenoxy) is 1. The second kappa shape index (κ2) is 6.62. The van der Waals surface area contributed by atoms with Crippen molar-refractivity contribution in [3.8, 4) is 0 Å². The molecule has 0 spiro atoms. The normalized spacial score (nSPS) is 10.5. The number of fused-ring (bicyclic) bond motifs is 1. The van der Waals surface area contributed by atoms with Gasteiger partial charge in [0.1, 0.15) is 6.61 Å². The zero-order valence-corrected chi connectivity index (χ0v) is 11.0. The van der Waals surface area contributed by atoms with E-state index in [9.17, 15) is 14.9 Å². The van der Waals surface area contributed by atoms with Crippen molar-refractivity contribution in [1.29, 1.82) is 0 Å². The molecule has 8 nitrogen and oxygen atoms in total. The Morgan fingerprint density at radius 1 is 1.38 bits per heavy atom. The van der Waals surface area contributed by atoms with Crippen molar-refractivity contribution < 1.29 is 19.6 Å². The fourth-order valence-corrected chi connectivity index (χ4v) is 1.91. The Hall–Kier alpha value is -2.74. The maximum Gasteiger partial charge on any atom is 0.329 e. The van der Waals surface area contributed by atoms with Crippen molar-refractivity contribution >= 4 is 28.1 Å². The van der Waals surface area contributed by atoms with E-state index < -0.39 is 10.9 Å². The van der Waals surface area contributed by atoms with Crippen molar-refractivity contribution in [1.82, 2.24) is 4.98 Å². The molecule has 1 aromatic carbocycles. The van der Waals surface area contributed by atoms with Crippen LogP contribution in [0.25, 0.3) is 10.8 Å². The van der Waals surface area contributed by atoms with Crippen LogP contribution in [0.1, 0.15) is 0 Å². The molecule has 0 aliphatic carbocycles. The Kier molecular flexibility index (Phi) is 4.62. The molecule has 0 fully saturated rings. The highest BCUT2D eigenvalue weighted by atomic mass is 16.6. The van der Waals surface area contributed by atoms with Crippen molar-refractivity contribution in [2.45, 2.75) is 0 Å². The summed E-state index contributed by atoms with van der Waals surface area (Å²) in [5, 5.41) is 23.6. The van der Waals surface area contributed by atoms with E-state index in [-0.39, 0.29) is 18.9 Å². The topological polar surface area (TPSA) is 115 Å². The number of anilines is 1. The molecule has 0 saturated carbocycles. The van der Waals surface area contributed by atoms with Gasteiger partial charge in [-0.05, 0) is 12.1 Å². The molecule has 0 saturated heterocycles. The monoisotopic (exact) mass is 291 g/mol. The molecular weight excluding hydrogens is 278 g/mol. The summed E-state index contributed by atoms with van der Waals surface area (Å²) in [6.45, 7) is 0.255. The summed E-state index contributed by atoms with van der Waals surface area (Å²) < 4.78 is 4.91. The second-order valence-corrected chi connectivity index (χ2v) is 4.18. The van der Waals surface area contributed by atoms with Gasteiger partial charge in [0.25, 0.3) is 5.69 Å². The first-order valence-corrected chi connectivity index (χ1v) is 6.14. The quantitative estimate of drug-likeness (QED) is 0.453. The molecule has 0 amide bonds. The summed E-state index contributed by atoms with van der Waals surface area (Å²) in [6, 6.07) is 4.70. The molecule has 1 heterocycles.